The Hall–Kier alpha value is -1.81. The highest BCUT2D eigenvalue weighted by Crippen LogP contribution is 2.26. The van der Waals surface area contributed by atoms with Crippen LogP contribution in [0.3, 0.4) is 0 Å². The first-order chi connectivity index (χ1) is 9.31. The monoisotopic (exact) mass is 364 g/mol. The van der Waals surface area contributed by atoms with E-state index < -0.39 is 37.8 Å². The number of hydrogen-bond donors (Lipinski definition) is 1. The van der Waals surface area contributed by atoms with Crippen molar-refractivity contribution in [1.29, 1.82) is 0 Å². The summed E-state index contributed by atoms with van der Waals surface area (Å²) in [6.07, 6.45) is 0.935. The third kappa shape index (κ3) is 2.85. The molecule has 0 unspecified atom stereocenters. The van der Waals surface area contributed by atoms with Crippen LogP contribution in [-0.4, -0.2) is 29.6 Å². The average molecular weight is 365 g/mol. The smallest absolute Gasteiger partial charge is 0.338 e. The Labute approximate surface area is 120 Å². The first-order valence-corrected chi connectivity index (χ1v) is 7.46. The van der Waals surface area contributed by atoms with Gasteiger partial charge in [-0.3, -0.25) is 0 Å². The van der Waals surface area contributed by atoms with Crippen molar-refractivity contribution < 1.29 is 27.2 Å². The number of nitrogens with zero attached hydrogens (tertiary/aromatic N) is 2. The molecule has 0 aliphatic carbocycles. The third-order valence-electron chi connectivity index (χ3n) is 2.30. The van der Waals surface area contributed by atoms with Crippen LogP contribution < -0.4 is 0 Å². The normalized spacial score (nSPS) is 11.5. The fourth-order valence-electron chi connectivity index (χ4n) is 1.45. The summed E-state index contributed by atoms with van der Waals surface area (Å²) in [7, 11) is -4.15. The molecule has 0 bridgehead atoms. The van der Waals surface area contributed by atoms with Gasteiger partial charge in [-0.05, 0) is 12.1 Å². The lowest BCUT2D eigenvalue weighted by atomic mass is 10.2. The standard InChI is InChI=1S/C10H6BrFN2O5S/c11-5-1-6(10(15)16)9(12)7(2-5)20(17,18)3-8-13-4-19-14-8/h1-2,4H,3H2,(H,15,16). The zero-order valence-corrected chi connectivity index (χ0v) is 12.0. The predicted octanol–water partition coefficient (Wildman–Crippen LogP) is 1.64. The number of hydrogen-bond acceptors (Lipinski definition) is 6. The molecule has 106 valence electrons. The molecule has 1 aromatic carbocycles. The van der Waals surface area contributed by atoms with E-state index in [0.717, 1.165) is 18.5 Å². The van der Waals surface area contributed by atoms with Gasteiger partial charge in [0.15, 0.2) is 21.5 Å². The van der Waals surface area contributed by atoms with Gasteiger partial charge in [-0.2, -0.15) is 4.98 Å². The van der Waals surface area contributed by atoms with Gasteiger partial charge in [0.25, 0.3) is 0 Å². The molecule has 1 heterocycles. The first kappa shape index (κ1) is 14.6. The quantitative estimate of drug-likeness (QED) is 0.877. The summed E-state index contributed by atoms with van der Waals surface area (Å²) in [5, 5.41) is 12.2. The number of carboxylic acids is 1. The molecule has 0 spiro atoms. The Morgan fingerprint density at radius 1 is 1.45 bits per heavy atom. The minimum absolute atomic E-state index is 0.128. The topological polar surface area (TPSA) is 110 Å². The van der Waals surface area contributed by atoms with E-state index in [0.29, 0.717) is 0 Å². The highest BCUT2D eigenvalue weighted by atomic mass is 79.9. The average Bonchev–Trinajstić information content (AvgIpc) is 2.83. The van der Waals surface area contributed by atoms with Gasteiger partial charge < -0.3 is 9.63 Å². The largest absolute Gasteiger partial charge is 0.478 e. The van der Waals surface area contributed by atoms with Crippen LogP contribution in [0.2, 0.25) is 0 Å². The van der Waals surface area contributed by atoms with Crippen molar-refractivity contribution in [3.05, 3.63) is 40.2 Å². The van der Waals surface area contributed by atoms with Crippen molar-refractivity contribution in [2.45, 2.75) is 10.6 Å². The van der Waals surface area contributed by atoms with E-state index in [1.54, 1.807) is 0 Å². The van der Waals surface area contributed by atoms with E-state index in [1.807, 2.05) is 0 Å². The van der Waals surface area contributed by atoms with Crippen LogP contribution in [0.4, 0.5) is 4.39 Å². The molecule has 0 aliphatic rings. The fraction of sp³-hybridized carbons (Fsp3) is 0.100. The molecule has 0 atom stereocenters. The molecular formula is C10H6BrFN2O5S. The van der Waals surface area contributed by atoms with Gasteiger partial charge in [-0.1, -0.05) is 21.1 Å². The number of aromatic nitrogens is 2. The van der Waals surface area contributed by atoms with E-state index >= 15 is 0 Å². The molecule has 0 amide bonds. The molecule has 1 N–H and O–H groups in total. The Morgan fingerprint density at radius 3 is 2.70 bits per heavy atom. The number of aromatic carboxylic acids is 1. The van der Waals surface area contributed by atoms with E-state index in [4.69, 9.17) is 5.11 Å². The van der Waals surface area contributed by atoms with Gasteiger partial charge in [0, 0.05) is 4.47 Å². The Kier molecular flexibility index (Phi) is 3.86. The molecule has 0 fully saturated rings. The minimum Gasteiger partial charge on any atom is -0.478 e. The zero-order valence-electron chi connectivity index (χ0n) is 9.58. The number of halogens is 2. The van der Waals surface area contributed by atoms with Gasteiger partial charge in [0.05, 0.1) is 5.56 Å². The van der Waals surface area contributed by atoms with Crippen LogP contribution in [0, 0.1) is 5.82 Å². The van der Waals surface area contributed by atoms with Gasteiger partial charge >= 0.3 is 5.97 Å². The number of carbonyl (C=O) groups is 1. The van der Waals surface area contributed by atoms with Crippen LogP contribution in [-0.2, 0) is 15.6 Å². The maximum Gasteiger partial charge on any atom is 0.338 e. The molecule has 10 heteroatoms. The van der Waals surface area contributed by atoms with E-state index in [1.165, 1.54) is 0 Å². The van der Waals surface area contributed by atoms with Crippen molar-refractivity contribution in [3.8, 4) is 0 Å². The molecule has 0 saturated heterocycles. The van der Waals surface area contributed by atoms with Gasteiger partial charge in [0.1, 0.15) is 10.6 Å². The highest BCUT2D eigenvalue weighted by molar-refractivity contribution is 9.10. The van der Waals surface area contributed by atoms with E-state index in [-0.39, 0.29) is 10.3 Å². The number of benzene rings is 1. The summed E-state index contributed by atoms with van der Waals surface area (Å²) in [6, 6.07) is 1.96. The maximum atomic E-state index is 14.0. The van der Waals surface area contributed by atoms with Crippen LogP contribution in [0.15, 0.2) is 32.4 Å². The maximum absolute atomic E-state index is 14.0. The lowest BCUT2D eigenvalue weighted by molar-refractivity contribution is 0.0691. The molecule has 0 radical (unpaired) electrons. The van der Waals surface area contributed by atoms with Crippen LogP contribution in [0.25, 0.3) is 0 Å². The van der Waals surface area contributed by atoms with Crippen LogP contribution in [0.5, 0.6) is 0 Å². The van der Waals surface area contributed by atoms with E-state index in [9.17, 15) is 17.6 Å². The third-order valence-corrected chi connectivity index (χ3v) is 4.36. The Balaban J connectivity index is 2.54. The predicted molar refractivity (Wildman–Crippen MR) is 66.2 cm³/mol. The summed E-state index contributed by atoms with van der Waals surface area (Å²) in [5.41, 5.74) is -0.744. The first-order valence-electron chi connectivity index (χ1n) is 5.01. The lowest BCUT2D eigenvalue weighted by Gasteiger charge is -2.07. The molecule has 0 aliphatic heterocycles. The SMILES string of the molecule is O=C(O)c1cc(Br)cc(S(=O)(=O)Cc2ncon2)c1F. The molecule has 2 aromatic rings. The fourth-order valence-corrected chi connectivity index (χ4v) is 3.37. The van der Waals surface area contributed by atoms with Crippen molar-refractivity contribution in [2.24, 2.45) is 0 Å². The summed E-state index contributed by atoms with van der Waals surface area (Å²) >= 11 is 2.94. The van der Waals surface area contributed by atoms with Crippen molar-refractivity contribution in [1.82, 2.24) is 10.1 Å². The minimum atomic E-state index is -4.15. The van der Waals surface area contributed by atoms with Crippen molar-refractivity contribution in [3.63, 3.8) is 0 Å². The van der Waals surface area contributed by atoms with Crippen molar-refractivity contribution in [2.75, 3.05) is 0 Å². The van der Waals surface area contributed by atoms with Gasteiger partial charge in [0.2, 0.25) is 6.39 Å². The lowest BCUT2D eigenvalue weighted by Crippen LogP contribution is -2.12. The Morgan fingerprint density at radius 2 is 2.15 bits per heavy atom. The molecule has 1 aromatic heterocycles. The molecule has 2 rings (SSSR count). The van der Waals surface area contributed by atoms with Gasteiger partial charge in [-0.25, -0.2) is 17.6 Å². The van der Waals surface area contributed by atoms with Crippen LogP contribution in [0.1, 0.15) is 16.2 Å². The molecule has 7 nitrogen and oxygen atoms in total. The summed E-state index contributed by atoms with van der Waals surface area (Å²) in [5.74, 6) is -3.75. The Bertz CT molecular complexity index is 760. The van der Waals surface area contributed by atoms with Crippen LogP contribution >= 0.6 is 15.9 Å². The van der Waals surface area contributed by atoms with E-state index in [2.05, 4.69) is 30.6 Å². The summed E-state index contributed by atoms with van der Waals surface area (Å²) < 4.78 is 42.6. The number of carboxylic acid groups (broad SMARTS) is 1. The second kappa shape index (κ2) is 5.29. The number of sulfone groups is 1. The summed E-state index contributed by atoms with van der Waals surface area (Å²) in [4.78, 5) is 13.7. The molecule has 0 saturated carbocycles. The summed E-state index contributed by atoms with van der Waals surface area (Å²) in [6.45, 7) is 0. The second-order valence-corrected chi connectivity index (χ2v) is 6.55. The van der Waals surface area contributed by atoms with Crippen molar-refractivity contribution >= 4 is 31.7 Å². The van der Waals surface area contributed by atoms with Gasteiger partial charge in [-0.15, -0.1) is 0 Å². The number of rotatable bonds is 4. The second-order valence-electron chi connectivity index (χ2n) is 3.68. The highest BCUT2D eigenvalue weighted by Gasteiger charge is 2.26. The molecular weight excluding hydrogens is 359 g/mol. The zero-order chi connectivity index (χ0) is 14.9. The molecule has 20 heavy (non-hydrogen) atoms.